The van der Waals surface area contributed by atoms with Crippen LogP contribution >= 0.6 is 0 Å². The van der Waals surface area contributed by atoms with E-state index >= 15 is 0 Å². The second-order valence-corrected chi connectivity index (χ2v) is 8.14. The molecule has 0 aliphatic heterocycles. The van der Waals surface area contributed by atoms with E-state index in [1.54, 1.807) is 36.5 Å². The molecule has 0 amide bonds. The molecule has 0 atom stereocenters. The van der Waals surface area contributed by atoms with Crippen molar-refractivity contribution in [2.24, 2.45) is 0 Å². The molecular formula is C17H18N6O2S. The highest BCUT2D eigenvalue weighted by molar-refractivity contribution is 7.92. The van der Waals surface area contributed by atoms with Crippen molar-refractivity contribution in [1.29, 1.82) is 0 Å². The van der Waals surface area contributed by atoms with E-state index in [2.05, 4.69) is 25.2 Å². The third-order valence-electron chi connectivity index (χ3n) is 4.30. The van der Waals surface area contributed by atoms with E-state index in [0.717, 1.165) is 16.5 Å². The molecule has 9 heteroatoms. The summed E-state index contributed by atoms with van der Waals surface area (Å²) in [6.45, 7) is 5.88. The van der Waals surface area contributed by atoms with Gasteiger partial charge in [0.2, 0.25) is 0 Å². The summed E-state index contributed by atoms with van der Waals surface area (Å²) in [7, 11) is -3.78. The van der Waals surface area contributed by atoms with Gasteiger partial charge in [-0.05, 0) is 50.6 Å². The lowest BCUT2D eigenvalue weighted by molar-refractivity contribution is 0.551. The van der Waals surface area contributed by atoms with E-state index in [1.165, 1.54) is 0 Å². The zero-order valence-electron chi connectivity index (χ0n) is 14.6. The van der Waals surface area contributed by atoms with E-state index in [0.29, 0.717) is 16.7 Å². The summed E-state index contributed by atoms with van der Waals surface area (Å²) >= 11 is 0. The molecule has 8 nitrogen and oxygen atoms in total. The number of H-pyrrole nitrogens is 1. The average Bonchev–Trinajstić information content (AvgIpc) is 3.23. The van der Waals surface area contributed by atoms with E-state index in [-0.39, 0.29) is 10.9 Å². The van der Waals surface area contributed by atoms with Crippen LogP contribution in [-0.2, 0) is 10.0 Å². The normalized spacial score (nSPS) is 12.3. The van der Waals surface area contributed by atoms with Crippen LogP contribution in [0.2, 0.25) is 0 Å². The van der Waals surface area contributed by atoms with Crippen molar-refractivity contribution in [3.63, 3.8) is 0 Å². The summed E-state index contributed by atoms with van der Waals surface area (Å²) in [4.78, 5) is 0.174. The lowest BCUT2D eigenvalue weighted by Gasteiger charge is -2.11. The number of aromatic amines is 1. The van der Waals surface area contributed by atoms with Crippen LogP contribution in [0.4, 0.5) is 5.69 Å². The Morgan fingerprint density at radius 3 is 2.73 bits per heavy atom. The minimum absolute atomic E-state index is 0.174. The summed E-state index contributed by atoms with van der Waals surface area (Å²) < 4.78 is 30.3. The van der Waals surface area contributed by atoms with Crippen molar-refractivity contribution in [2.45, 2.75) is 31.7 Å². The van der Waals surface area contributed by atoms with Crippen LogP contribution in [0.15, 0.2) is 41.4 Å². The molecule has 2 aromatic heterocycles. The molecule has 2 N–H and O–H groups in total. The zero-order chi connectivity index (χ0) is 18.5. The number of aromatic nitrogens is 5. The van der Waals surface area contributed by atoms with Gasteiger partial charge in [0.15, 0.2) is 0 Å². The molecule has 134 valence electrons. The Kier molecular flexibility index (Phi) is 3.69. The van der Waals surface area contributed by atoms with Crippen molar-refractivity contribution in [1.82, 2.24) is 25.2 Å². The summed E-state index contributed by atoms with van der Waals surface area (Å²) in [6.07, 6.45) is 1.68. The van der Waals surface area contributed by atoms with Gasteiger partial charge in [0.25, 0.3) is 10.0 Å². The highest BCUT2D eigenvalue weighted by atomic mass is 32.2. The smallest absolute Gasteiger partial charge is 0.261 e. The van der Waals surface area contributed by atoms with Crippen LogP contribution in [0.5, 0.6) is 0 Å². The standard InChI is InChI=1S/C17H18N6O2S/c1-10(2)23-15-7-5-13(8-12(15)9-18-23)26(24,25)21-16-11(3)4-6-14-17(16)20-22-19-14/h4-10,21H,1-3H3,(H,19,20,22). The first-order valence-corrected chi connectivity index (χ1v) is 9.65. The molecule has 0 saturated carbocycles. The SMILES string of the molecule is Cc1ccc2n[nH]nc2c1NS(=O)(=O)c1ccc2c(cnn2C(C)C)c1. The first-order chi connectivity index (χ1) is 12.4. The first-order valence-electron chi connectivity index (χ1n) is 8.17. The Morgan fingerprint density at radius 2 is 1.96 bits per heavy atom. The molecule has 2 aromatic carbocycles. The molecule has 26 heavy (non-hydrogen) atoms. The molecule has 0 fully saturated rings. The third kappa shape index (κ3) is 2.60. The van der Waals surface area contributed by atoms with Crippen molar-refractivity contribution in [3.8, 4) is 0 Å². The van der Waals surface area contributed by atoms with Gasteiger partial charge in [0.05, 0.1) is 22.3 Å². The predicted octanol–water partition coefficient (Wildman–Crippen LogP) is 3.00. The van der Waals surface area contributed by atoms with Crippen LogP contribution in [0, 0.1) is 6.92 Å². The Labute approximate surface area is 150 Å². The number of fused-ring (bicyclic) bond motifs is 2. The fraction of sp³-hybridized carbons (Fsp3) is 0.235. The first kappa shape index (κ1) is 16.5. The Morgan fingerprint density at radius 1 is 1.15 bits per heavy atom. The summed E-state index contributed by atoms with van der Waals surface area (Å²) in [5.41, 5.74) is 3.18. The monoisotopic (exact) mass is 370 g/mol. The maximum absolute atomic E-state index is 12.9. The van der Waals surface area contributed by atoms with Crippen molar-refractivity contribution < 1.29 is 8.42 Å². The van der Waals surface area contributed by atoms with Gasteiger partial charge in [0, 0.05) is 11.4 Å². The van der Waals surface area contributed by atoms with Gasteiger partial charge >= 0.3 is 0 Å². The van der Waals surface area contributed by atoms with Gasteiger partial charge in [-0.3, -0.25) is 9.40 Å². The Balaban J connectivity index is 1.78. The number of nitrogens with one attached hydrogen (secondary N) is 2. The molecular weight excluding hydrogens is 352 g/mol. The lowest BCUT2D eigenvalue weighted by Crippen LogP contribution is -2.14. The Hall–Kier alpha value is -2.94. The second kappa shape index (κ2) is 5.80. The number of aryl methyl sites for hydroxylation is 1. The molecule has 0 unspecified atom stereocenters. The molecule has 2 heterocycles. The molecule has 0 saturated heterocycles. The van der Waals surface area contributed by atoms with Gasteiger partial charge in [-0.1, -0.05) is 6.07 Å². The maximum Gasteiger partial charge on any atom is 0.261 e. The predicted molar refractivity (Wildman–Crippen MR) is 99.6 cm³/mol. The number of anilines is 1. The molecule has 0 radical (unpaired) electrons. The summed E-state index contributed by atoms with van der Waals surface area (Å²) in [5.74, 6) is 0. The topological polar surface area (TPSA) is 106 Å². The number of nitrogens with zero attached hydrogens (tertiary/aromatic N) is 4. The van der Waals surface area contributed by atoms with Gasteiger partial charge < -0.3 is 0 Å². The lowest BCUT2D eigenvalue weighted by atomic mass is 10.2. The van der Waals surface area contributed by atoms with E-state index in [4.69, 9.17) is 0 Å². The van der Waals surface area contributed by atoms with Crippen molar-refractivity contribution in [2.75, 3.05) is 4.72 Å². The van der Waals surface area contributed by atoms with Gasteiger partial charge in [0.1, 0.15) is 11.0 Å². The van der Waals surface area contributed by atoms with Gasteiger partial charge in [-0.15, -0.1) is 0 Å². The van der Waals surface area contributed by atoms with Gasteiger partial charge in [-0.25, -0.2) is 8.42 Å². The van der Waals surface area contributed by atoms with Crippen LogP contribution < -0.4 is 4.72 Å². The summed E-state index contributed by atoms with van der Waals surface area (Å²) in [5, 5.41) is 15.7. The minimum atomic E-state index is -3.78. The van der Waals surface area contributed by atoms with E-state index in [1.807, 2.05) is 25.5 Å². The fourth-order valence-corrected chi connectivity index (χ4v) is 4.12. The van der Waals surface area contributed by atoms with Crippen LogP contribution in [-0.4, -0.2) is 33.6 Å². The van der Waals surface area contributed by atoms with E-state index in [9.17, 15) is 8.42 Å². The van der Waals surface area contributed by atoms with E-state index < -0.39 is 10.0 Å². The largest absolute Gasteiger partial charge is 0.277 e. The average molecular weight is 370 g/mol. The molecule has 0 bridgehead atoms. The summed E-state index contributed by atoms with van der Waals surface area (Å²) in [6, 6.07) is 8.78. The molecule has 0 aliphatic carbocycles. The number of rotatable bonds is 4. The molecule has 4 aromatic rings. The van der Waals surface area contributed by atoms with Crippen LogP contribution in [0.1, 0.15) is 25.5 Å². The molecule has 4 rings (SSSR count). The molecule has 0 spiro atoms. The van der Waals surface area contributed by atoms with Gasteiger partial charge in [-0.2, -0.15) is 20.5 Å². The van der Waals surface area contributed by atoms with Crippen molar-refractivity contribution >= 4 is 37.6 Å². The number of hydrogen-bond donors (Lipinski definition) is 2. The highest BCUT2D eigenvalue weighted by Crippen LogP contribution is 2.28. The minimum Gasteiger partial charge on any atom is -0.277 e. The number of benzene rings is 2. The second-order valence-electron chi connectivity index (χ2n) is 6.46. The van der Waals surface area contributed by atoms with Crippen LogP contribution in [0.3, 0.4) is 0 Å². The third-order valence-corrected chi connectivity index (χ3v) is 5.65. The molecule has 0 aliphatic rings. The Bertz CT molecular complexity index is 1220. The number of sulfonamides is 1. The van der Waals surface area contributed by atoms with Crippen molar-refractivity contribution in [3.05, 3.63) is 42.1 Å². The number of hydrogen-bond acceptors (Lipinski definition) is 5. The zero-order valence-corrected chi connectivity index (χ0v) is 15.4. The van der Waals surface area contributed by atoms with Crippen LogP contribution in [0.25, 0.3) is 21.9 Å². The highest BCUT2D eigenvalue weighted by Gasteiger charge is 2.19. The maximum atomic E-state index is 12.9. The fourth-order valence-electron chi connectivity index (χ4n) is 2.95. The quantitative estimate of drug-likeness (QED) is 0.574.